The summed E-state index contributed by atoms with van der Waals surface area (Å²) in [6.07, 6.45) is 4.23. The lowest BCUT2D eigenvalue weighted by Crippen LogP contribution is -2.28. The molecular formula is C11H17N5. The molecule has 0 fully saturated rings. The molecule has 0 saturated carbocycles. The summed E-state index contributed by atoms with van der Waals surface area (Å²) < 4.78 is 2.13. The number of nitrogens with zero attached hydrogens (tertiary/aromatic N) is 1. The van der Waals surface area contributed by atoms with Crippen LogP contribution in [0.15, 0.2) is 12.1 Å². The highest BCUT2D eigenvalue weighted by Gasteiger charge is 2.11. The zero-order valence-electron chi connectivity index (χ0n) is 9.38. The second-order valence-corrected chi connectivity index (χ2v) is 3.91. The van der Waals surface area contributed by atoms with Gasteiger partial charge in [-0.05, 0) is 6.07 Å². The van der Waals surface area contributed by atoms with E-state index in [0.29, 0.717) is 6.54 Å². The standard InChI is InChI=1S/C11H17N5/c1-16-9(6-14-7-10(12)13)5-8-3-2-4-15-11(8)16/h2-3,5,14-15H,4,6-7H2,1H3,(H3,12,13). The van der Waals surface area contributed by atoms with Crippen molar-refractivity contribution in [2.45, 2.75) is 6.54 Å². The summed E-state index contributed by atoms with van der Waals surface area (Å²) in [7, 11) is 2.04. The summed E-state index contributed by atoms with van der Waals surface area (Å²) in [5.74, 6) is 1.32. The zero-order valence-corrected chi connectivity index (χ0v) is 9.38. The molecular weight excluding hydrogens is 202 g/mol. The van der Waals surface area contributed by atoms with Crippen LogP contribution in [0.2, 0.25) is 0 Å². The largest absolute Gasteiger partial charge is 0.387 e. The van der Waals surface area contributed by atoms with Crippen LogP contribution in [0.25, 0.3) is 6.08 Å². The number of nitrogens with two attached hydrogens (primary N) is 1. The number of anilines is 1. The van der Waals surface area contributed by atoms with E-state index < -0.39 is 0 Å². The van der Waals surface area contributed by atoms with Gasteiger partial charge in [0.15, 0.2) is 0 Å². The maximum atomic E-state index is 7.13. The minimum Gasteiger partial charge on any atom is -0.387 e. The molecule has 5 N–H and O–H groups in total. The van der Waals surface area contributed by atoms with Crippen molar-refractivity contribution in [3.63, 3.8) is 0 Å². The first-order chi connectivity index (χ1) is 7.68. The molecule has 0 saturated heterocycles. The van der Waals surface area contributed by atoms with Gasteiger partial charge in [-0.15, -0.1) is 0 Å². The summed E-state index contributed by atoms with van der Waals surface area (Å²) in [4.78, 5) is 0. The molecule has 5 heteroatoms. The van der Waals surface area contributed by atoms with Crippen molar-refractivity contribution in [2.24, 2.45) is 12.8 Å². The highest BCUT2D eigenvalue weighted by atomic mass is 15.1. The van der Waals surface area contributed by atoms with E-state index in [-0.39, 0.29) is 5.84 Å². The Morgan fingerprint density at radius 2 is 2.50 bits per heavy atom. The summed E-state index contributed by atoms with van der Waals surface area (Å²) in [5, 5.41) is 13.6. The summed E-state index contributed by atoms with van der Waals surface area (Å²) >= 11 is 0. The Morgan fingerprint density at radius 1 is 1.69 bits per heavy atom. The van der Waals surface area contributed by atoms with Gasteiger partial charge in [-0.2, -0.15) is 0 Å². The number of hydrogen-bond acceptors (Lipinski definition) is 3. The molecule has 1 aliphatic heterocycles. The van der Waals surface area contributed by atoms with Gasteiger partial charge in [0.2, 0.25) is 0 Å². The minimum absolute atomic E-state index is 0.164. The maximum Gasteiger partial charge on any atom is 0.113 e. The SMILES string of the molecule is Cn1c(CNCC(=N)N)cc2c1NCC=C2. The monoisotopic (exact) mass is 219 g/mol. The van der Waals surface area contributed by atoms with Crippen LogP contribution < -0.4 is 16.4 Å². The Morgan fingerprint density at radius 3 is 3.19 bits per heavy atom. The normalized spacial score (nSPS) is 13.3. The summed E-state index contributed by atoms with van der Waals surface area (Å²) in [5.41, 5.74) is 7.68. The quantitative estimate of drug-likeness (QED) is 0.439. The van der Waals surface area contributed by atoms with Crippen LogP contribution in [0, 0.1) is 5.41 Å². The Labute approximate surface area is 94.8 Å². The molecule has 0 spiro atoms. The van der Waals surface area contributed by atoms with Crippen LogP contribution in [-0.4, -0.2) is 23.5 Å². The lowest BCUT2D eigenvalue weighted by atomic mass is 10.2. The fourth-order valence-corrected chi connectivity index (χ4v) is 1.87. The number of rotatable bonds is 4. The van der Waals surface area contributed by atoms with Gasteiger partial charge in [-0.3, -0.25) is 5.41 Å². The predicted molar refractivity (Wildman–Crippen MR) is 66.6 cm³/mol. The average molecular weight is 219 g/mol. The van der Waals surface area contributed by atoms with Gasteiger partial charge < -0.3 is 20.9 Å². The number of hydrogen-bond donors (Lipinski definition) is 4. The molecule has 0 aliphatic carbocycles. The third-order valence-electron chi connectivity index (χ3n) is 2.67. The van der Waals surface area contributed by atoms with E-state index in [1.807, 2.05) is 7.05 Å². The van der Waals surface area contributed by atoms with Gasteiger partial charge in [0.1, 0.15) is 11.7 Å². The highest BCUT2D eigenvalue weighted by Crippen LogP contribution is 2.24. The van der Waals surface area contributed by atoms with E-state index in [4.69, 9.17) is 11.1 Å². The van der Waals surface area contributed by atoms with Crippen LogP contribution in [0.4, 0.5) is 5.82 Å². The van der Waals surface area contributed by atoms with Crippen molar-refractivity contribution in [3.05, 3.63) is 23.4 Å². The van der Waals surface area contributed by atoms with Gasteiger partial charge >= 0.3 is 0 Å². The molecule has 2 rings (SSSR count). The van der Waals surface area contributed by atoms with Crippen LogP contribution in [-0.2, 0) is 13.6 Å². The third-order valence-corrected chi connectivity index (χ3v) is 2.67. The molecule has 1 aromatic heterocycles. The topological polar surface area (TPSA) is 78.9 Å². The molecule has 2 heterocycles. The summed E-state index contributed by atoms with van der Waals surface area (Å²) in [6, 6.07) is 2.14. The lowest BCUT2D eigenvalue weighted by molar-refractivity contribution is 0.710. The van der Waals surface area contributed by atoms with E-state index in [0.717, 1.165) is 18.9 Å². The van der Waals surface area contributed by atoms with Crippen molar-refractivity contribution in [2.75, 3.05) is 18.4 Å². The van der Waals surface area contributed by atoms with E-state index in [1.165, 1.54) is 11.3 Å². The van der Waals surface area contributed by atoms with Crippen molar-refractivity contribution in [1.82, 2.24) is 9.88 Å². The molecule has 0 radical (unpaired) electrons. The molecule has 16 heavy (non-hydrogen) atoms. The van der Waals surface area contributed by atoms with Gasteiger partial charge in [-0.1, -0.05) is 12.2 Å². The Bertz CT molecular complexity index is 430. The molecule has 5 nitrogen and oxygen atoms in total. The van der Waals surface area contributed by atoms with Gasteiger partial charge in [0, 0.05) is 31.4 Å². The third kappa shape index (κ3) is 2.09. The van der Waals surface area contributed by atoms with Crippen LogP contribution in [0.3, 0.4) is 0 Å². The zero-order chi connectivity index (χ0) is 11.5. The van der Waals surface area contributed by atoms with Crippen LogP contribution >= 0.6 is 0 Å². The number of amidine groups is 1. The number of fused-ring (bicyclic) bond motifs is 1. The molecule has 0 aromatic carbocycles. The second-order valence-electron chi connectivity index (χ2n) is 3.91. The second kappa shape index (κ2) is 4.40. The average Bonchev–Trinajstić information content (AvgIpc) is 2.56. The molecule has 1 aromatic rings. The molecule has 0 unspecified atom stereocenters. The Balaban J connectivity index is 2.08. The maximum absolute atomic E-state index is 7.13. The van der Waals surface area contributed by atoms with E-state index in [9.17, 15) is 0 Å². The van der Waals surface area contributed by atoms with Gasteiger partial charge in [-0.25, -0.2) is 0 Å². The molecule has 1 aliphatic rings. The predicted octanol–water partition coefficient (Wildman–Crippen LogP) is 0.489. The van der Waals surface area contributed by atoms with E-state index >= 15 is 0 Å². The molecule has 0 bridgehead atoms. The van der Waals surface area contributed by atoms with Gasteiger partial charge in [0.05, 0.1) is 6.54 Å². The first kappa shape index (κ1) is 10.8. The lowest BCUT2D eigenvalue weighted by Gasteiger charge is -2.12. The fourth-order valence-electron chi connectivity index (χ4n) is 1.87. The van der Waals surface area contributed by atoms with E-state index in [1.54, 1.807) is 0 Å². The Hall–Kier alpha value is -1.75. The molecule has 0 atom stereocenters. The fraction of sp³-hybridized carbons (Fsp3) is 0.364. The smallest absolute Gasteiger partial charge is 0.113 e. The van der Waals surface area contributed by atoms with Gasteiger partial charge in [0.25, 0.3) is 0 Å². The minimum atomic E-state index is 0.164. The summed E-state index contributed by atoms with van der Waals surface area (Å²) in [6.45, 7) is 2.03. The molecule has 86 valence electrons. The highest BCUT2D eigenvalue weighted by molar-refractivity contribution is 5.78. The Kier molecular flexibility index (Phi) is 2.96. The van der Waals surface area contributed by atoms with Crippen LogP contribution in [0.1, 0.15) is 11.3 Å². The number of nitrogens with one attached hydrogen (secondary N) is 3. The molecule has 0 amide bonds. The first-order valence-electron chi connectivity index (χ1n) is 5.31. The van der Waals surface area contributed by atoms with Crippen molar-refractivity contribution in [3.8, 4) is 0 Å². The first-order valence-corrected chi connectivity index (χ1v) is 5.31. The van der Waals surface area contributed by atoms with E-state index in [2.05, 4.69) is 33.4 Å². The number of aromatic nitrogens is 1. The van der Waals surface area contributed by atoms with Crippen LogP contribution in [0.5, 0.6) is 0 Å². The van der Waals surface area contributed by atoms with Crippen molar-refractivity contribution < 1.29 is 0 Å². The van der Waals surface area contributed by atoms with Crippen molar-refractivity contribution >= 4 is 17.7 Å². The van der Waals surface area contributed by atoms with Crippen molar-refractivity contribution in [1.29, 1.82) is 5.41 Å².